The molecule has 186 valence electrons. The highest BCUT2D eigenvalue weighted by atomic mass is 32.2. The van der Waals surface area contributed by atoms with Crippen molar-refractivity contribution in [2.75, 3.05) is 18.2 Å². The largest absolute Gasteiger partial charge is 0.465 e. The van der Waals surface area contributed by atoms with Gasteiger partial charge in [-0.1, -0.05) is 18.2 Å². The zero-order chi connectivity index (χ0) is 24.4. The number of esters is 1. The molecule has 0 unspecified atom stereocenters. The highest BCUT2D eigenvalue weighted by Gasteiger charge is 2.27. The molecule has 1 N–H and O–H groups in total. The summed E-state index contributed by atoms with van der Waals surface area (Å²) in [6, 6.07) is 0. The Morgan fingerprint density at radius 3 is 2.63 bits per heavy atom. The van der Waals surface area contributed by atoms with E-state index in [1.807, 2.05) is 11.3 Å². The number of hydrogen-bond donors (Lipinski definition) is 1. The van der Waals surface area contributed by atoms with Crippen molar-refractivity contribution in [2.24, 2.45) is 0 Å². The van der Waals surface area contributed by atoms with Gasteiger partial charge in [0, 0.05) is 27.2 Å². The van der Waals surface area contributed by atoms with Crippen LogP contribution < -0.4 is 5.32 Å². The zero-order valence-corrected chi connectivity index (χ0v) is 22.6. The number of fused-ring (bicyclic) bond motifs is 2. The summed E-state index contributed by atoms with van der Waals surface area (Å²) in [6.45, 7) is 2.82. The Morgan fingerprint density at radius 2 is 1.80 bits per heavy atom. The van der Waals surface area contributed by atoms with Crippen LogP contribution in [-0.4, -0.2) is 39.5 Å². The van der Waals surface area contributed by atoms with Crippen LogP contribution in [0.2, 0.25) is 0 Å². The third-order valence-electron chi connectivity index (χ3n) is 6.73. The number of rotatable bonds is 7. The van der Waals surface area contributed by atoms with Crippen LogP contribution in [0.3, 0.4) is 0 Å². The zero-order valence-electron chi connectivity index (χ0n) is 20.1. The van der Waals surface area contributed by atoms with Gasteiger partial charge in [-0.25, -0.2) is 4.79 Å². The molecule has 2 aliphatic rings. The maximum atomic E-state index is 12.9. The lowest BCUT2D eigenvalue weighted by atomic mass is 9.96. The van der Waals surface area contributed by atoms with E-state index in [1.54, 1.807) is 0 Å². The standard InChI is InChI=1S/C25H30N4O3S3/c1-3-29-22(17-13-33-18-11-8-7-9-15(17)18)27-28-25(29)34-14-20(30)26-23-21(24(31)32-2)16-10-5-4-6-12-19(16)35-23/h13H,3-12,14H2,1-2H3,(H,26,30). The molecule has 0 aromatic carbocycles. The third kappa shape index (κ3) is 4.93. The van der Waals surface area contributed by atoms with E-state index >= 15 is 0 Å². The van der Waals surface area contributed by atoms with E-state index in [1.165, 1.54) is 63.9 Å². The molecular weight excluding hydrogens is 501 g/mol. The number of aromatic nitrogens is 3. The second kappa shape index (κ2) is 10.8. The van der Waals surface area contributed by atoms with Gasteiger partial charge in [0.2, 0.25) is 5.91 Å². The molecule has 0 saturated carbocycles. The molecule has 7 nitrogen and oxygen atoms in total. The molecule has 0 fully saturated rings. The van der Waals surface area contributed by atoms with E-state index in [0.717, 1.165) is 68.0 Å². The molecule has 10 heteroatoms. The van der Waals surface area contributed by atoms with E-state index in [4.69, 9.17) is 4.74 Å². The number of thiophene rings is 2. The Kier molecular flexibility index (Phi) is 7.59. The first-order valence-electron chi connectivity index (χ1n) is 12.3. The van der Waals surface area contributed by atoms with Gasteiger partial charge in [0.25, 0.3) is 0 Å². The van der Waals surface area contributed by atoms with Crippen molar-refractivity contribution in [2.45, 2.75) is 76.4 Å². The van der Waals surface area contributed by atoms with Crippen LogP contribution in [0, 0.1) is 0 Å². The summed E-state index contributed by atoms with van der Waals surface area (Å²) in [5.41, 5.74) is 4.20. The SMILES string of the molecule is CCn1c(SCC(=O)Nc2sc3c(c2C(=O)OC)CCCCC3)nnc1-c1csc2c1CCCC2. The van der Waals surface area contributed by atoms with Gasteiger partial charge in [-0.05, 0) is 69.4 Å². The Hall–Kier alpha value is -2.17. The molecule has 0 bridgehead atoms. The fourth-order valence-corrected chi connectivity index (χ4v) is 8.22. The highest BCUT2D eigenvalue weighted by Crippen LogP contribution is 2.39. The number of methoxy groups -OCH3 is 1. The maximum absolute atomic E-state index is 12.9. The number of amides is 1. The molecule has 2 aliphatic carbocycles. The first-order chi connectivity index (χ1) is 17.1. The van der Waals surface area contributed by atoms with Crippen molar-refractivity contribution in [3.8, 4) is 11.4 Å². The molecule has 3 heterocycles. The minimum absolute atomic E-state index is 0.156. The van der Waals surface area contributed by atoms with Crippen molar-refractivity contribution in [3.63, 3.8) is 0 Å². The average molecular weight is 531 g/mol. The molecule has 0 radical (unpaired) electrons. The minimum Gasteiger partial charge on any atom is -0.465 e. The molecule has 35 heavy (non-hydrogen) atoms. The molecule has 0 atom stereocenters. The van der Waals surface area contributed by atoms with Crippen molar-refractivity contribution in [3.05, 3.63) is 31.8 Å². The van der Waals surface area contributed by atoms with Crippen LogP contribution in [0.25, 0.3) is 11.4 Å². The van der Waals surface area contributed by atoms with E-state index in [-0.39, 0.29) is 17.6 Å². The Bertz CT molecular complexity index is 1240. The van der Waals surface area contributed by atoms with Crippen LogP contribution in [0.1, 0.15) is 70.3 Å². The monoisotopic (exact) mass is 530 g/mol. The van der Waals surface area contributed by atoms with Crippen LogP contribution in [0.15, 0.2) is 10.5 Å². The molecule has 1 amide bonds. The lowest BCUT2D eigenvalue weighted by molar-refractivity contribution is -0.113. The summed E-state index contributed by atoms with van der Waals surface area (Å²) in [4.78, 5) is 28.1. The summed E-state index contributed by atoms with van der Waals surface area (Å²) < 4.78 is 7.15. The van der Waals surface area contributed by atoms with Gasteiger partial charge in [0.1, 0.15) is 5.00 Å². The number of hydrogen-bond acceptors (Lipinski definition) is 8. The number of nitrogens with one attached hydrogen (secondary N) is 1. The summed E-state index contributed by atoms with van der Waals surface area (Å²) in [5, 5.41) is 15.5. The molecule has 0 spiro atoms. The van der Waals surface area contributed by atoms with Crippen LogP contribution in [0.5, 0.6) is 0 Å². The highest BCUT2D eigenvalue weighted by molar-refractivity contribution is 7.99. The van der Waals surface area contributed by atoms with E-state index < -0.39 is 0 Å². The normalized spacial score (nSPS) is 15.3. The average Bonchev–Trinajstić information content (AvgIpc) is 3.52. The topological polar surface area (TPSA) is 86.1 Å². The smallest absolute Gasteiger partial charge is 0.341 e. The molecule has 0 aliphatic heterocycles. The summed E-state index contributed by atoms with van der Waals surface area (Å²) >= 11 is 4.72. The van der Waals surface area contributed by atoms with Crippen molar-refractivity contribution < 1.29 is 14.3 Å². The number of carbonyl (C=O) groups is 2. The van der Waals surface area contributed by atoms with Crippen LogP contribution in [0.4, 0.5) is 5.00 Å². The van der Waals surface area contributed by atoms with Gasteiger partial charge in [-0.2, -0.15) is 0 Å². The fraction of sp³-hybridized carbons (Fsp3) is 0.520. The van der Waals surface area contributed by atoms with Gasteiger partial charge in [0.05, 0.1) is 18.4 Å². The molecule has 3 aromatic rings. The van der Waals surface area contributed by atoms with Crippen molar-refractivity contribution in [1.29, 1.82) is 0 Å². The van der Waals surface area contributed by atoms with Gasteiger partial charge >= 0.3 is 5.97 Å². The Balaban J connectivity index is 1.31. The quantitative estimate of drug-likeness (QED) is 0.238. The van der Waals surface area contributed by atoms with Crippen LogP contribution in [-0.2, 0) is 41.8 Å². The number of aryl methyl sites for hydroxylation is 2. The number of anilines is 1. The molecule has 3 aromatic heterocycles. The lowest BCUT2D eigenvalue weighted by Gasteiger charge is -2.13. The predicted molar refractivity (Wildman–Crippen MR) is 142 cm³/mol. The number of nitrogens with zero attached hydrogens (tertiary/aromatic N) is 3. The first kappa shape index (κ1) is 24.5. The lowest BCUT2D eigenvalue weighted by Crippen LogP contribution is -2.16. The summed E-state index contributed by atoms with van der Waals surface area (Å²) in [6.07, 6.45) is 9.87. The second-order valence-corrected chi connectivity index (χ2v) is 11.9. The molecular formula is C25H30N4O3S3. The fourth-order valence-electron chi connectivity index (χ4n) is 5.00. The van der Waals surface area contributed by atoms with Crippen molar-refractivity contribution in [1.82, 2.24) is 14.8 Å². The first-order valence-corrected chi connectivity index (χ1v) is 15.0. The number of thioether (sulfide) groups is 1. The molecule has 0 saturated heterocycles. The summed E-state index contributed by atoms with van der Waals surface area (Å²) in [5.74, 6) is 0.562. The van der Waals surface area contributed by atoms with Gasteiger partial charge in [-0.15, -0.1) is 32.9 Å². The Morgan fingerprint density at radius 1 is 1.06 bits per heavy atom. The maximum Gasteiger partial charge on any atom is 0.341 e. The van der Waals surface area contributed by atoms with Gasteiger partial charge in [0.15, 0.2) is 11.0 Å². The third-order valence-corrected chi connectivity index (χ3v) is 9.99. The Labute approximate surface area is 217 Å². The second-order valence-electron chi connectivity index (χ2n) is 8.91. The predicted octanol–water partition coefficient (Wildman–Crippen LogP) is 5.75. The van der Waals surface area contributed by atoms with Crippen molar-refractivity contribution >= 4 is 51.3 Å². The summed E-state index contributed by atoms with van der Waals surface area (Å²) in [7, 11) is 1.39. The minimum atomic E-state index is -0.373. The molecule has 5 rings (SSSR count). The number of ether oxygens (including phenoxy) is 1. The van der Waals surface area contributed by atoms with Gasteiger partial charge in [-0.3, -0.25) is 4.79 Å². The van der Waals surface area contributed by atoms with E-state index in [9.17, 15) is 9.59 Å². The van der Waals surface area contributed by atoms with E-state index in [0.29, 0.717) is 10.6 Å². The van der Waals surface area contributed by atoms with Crippen LogP contribution >= 0.6 is 34.4 Å². The van der Waals surface area contributed by atoms with E-state index in [2.05, 4.69) is 32.4 Å². The van der Waals surface area contributed by atoms with Gasteiger partial charge < -0.3 is 14.6 Å². The number of carbonyl (C=O) groups excluding carboxylic acids is 2.